The number of nitrogens with zero attached hydrogens (tertiary/aromatic N) is 1. The Hall–Kier alpha value is -2.92. The first kappa shape index (κ1) is 28.6. The maximum absolute atomic E-state index is 12.9. The molecule has 10 nitrogen and oxygen atoms in total. The molecule has 1 aliphatic carbocycles. The number of carbonyl (C=O) groups excluding carboxylic acids is 1. The van der Waals surface area contributed by atoms with Gasteiger partial charge in [0.15, 0.2) is 11.5 Å². The molecule has 0 unspecified atom stereocenters. The van der Waals surface area contributed by atoms with E-state index in [1.807, 2.05) is 24.4 Å². The fourth-order valence-corrected chi connectivity index (χ4v) is 5.79. The van der Waals surface area contributed by atoms with E-state index in [-0.39, 0.29) is 25.0 Å². The molecule has 1 aromatic carbocycles. The average molecular weight is 556 g/mol. The molecule has 3 N–H and O–H groups in total. The predicted molar refractivity (Wildman–Crippen MR) is 147 cm³/mol. The predicted octanol–water partition coefficient (Wildman–Crippen LogP) is 3.05. The zero-order valence-electron chi connectivity index (χ0n) is 23.8. The lowest BCUT2D eigenvalue weighted by atomic mass is 9.73. The summed E-state index contributed by atoms with van der Waals surface area (Å²) in [6, 6.07) is 7.18. The van der Waals surface area contributed by atoms with Gasteiger partial charge in [-0.1, -0.05) is 19.9 Å². The molecule has 3 heterocycles. The average Bonchev–Trinajstić information content (AvgIpc) is 3.38. The summed E-state index contributed by atoms with van der Waals surface area (Å²) in [7, 11) is 2.80. The summed E-state index contributed by atoms with van der Waals surface area (Å²) < 4.78 is 27.6. The first-order valence-corrected chi connectivity index (χ1v) is 14.1. The van der Waals surface area contributed by atoms with Crippen molar-refractivity contribution < 1.29 is 33.6 Å². The Balaban J connectivity index is 1.33. The summed E-state index contributed by atoms with van der Waals surface area (Å²) in [5.74, 6) is 2.06. The maximum Gasteiger partial charge on any atom is 0.277 e. The van der Waals surface area contributed by atoms with Crippen molar-refractivity contribution in [3.63, 3.8) is 0 Å². The van der Waals surface area contributed by atoms with E-state index in [0.717, 1.165) is 43.2 Å². The number of nitrogens with one attached hydrogen (secondary N) is 2. The molecular weight excluding hydrogens is 514 g/mol. The van der Waals surface area contributed by atoms with E-state index in [2.05, 4.69) is 30.5 Å². The molecule has 0 saturated heterocycles. The number of methoxy groups -OCH3 is 2. The topological polar surface area (TPSA) is 120 Å². The van der Waals surface area contributed by atoms with Gasteiger partial charge in [-0.3, -0.25) is 4.79 Å². The van der Waals surface area contributed by atoms with Crippen LogP contribution in [0.1, 0.15) is 62.3 Å². The van der Waals surface area contributed by atoms with Gasteiger partial charge < -0.3 is 39.4 Å². The van der Waals surface area contributed by atoms with Gasteiger partial charge in [-0.05, 0) is 67.3 Å². The number of aliphatic hydroxyl groups excluding tert-OH is 1. The SMILES string of the molecule is COC(OC)C(=O)N[C@@H](Cc1ccc2c(c1)OCO2)[C@@H](O)CN[C@H]1CC2(CCC2)Oc2ncc(CC(C)C)cc21. The minimum absolute atomic E-state index is 0.0223. The van der Waals surface area contributed by atoms with Gasteiger partial charge in [0, 0.05) is 45.0 Å². The van der Waals surface area contributed by atoms with E-state index in [1.165, 1.54) is 19.8 Å². The second-order valence-electron chi connectivity index (χ2n) is 11.5. The van der Waals surface area contributed by atoms with E-state index in [1.54, 1.807) is 0 Å². The highest BCUT2D eigenvalue weighted by molar-refractivity contribution is 5.79. The normalized spacial score (nSPS) is 20.1. The van der Waals surface area contributed by atoms with Crippen LogP contribution in [0.5, 0.6) is 17.4 Å². The number of aliphatic hydroxyl groups is 1. The number of hydrogen-bond donors (Lipinski definition) is 3. The molecule has 1 aromatic heterocycles. The highest BCUT2D eigenvalue weighted by atomic mass is 16.7. The number of rotatable bonds is 12. The van der Waals surface area contributed by atoms with Crippen molar-refractivity contribution in [2.45, 2.75) is 82.5 Å². The number of fused-ring (bicyclic) bond motifs is 2. The van der Waals surface area contributed by atoms with E-state index >= 15 is 0 Å². The molecule has 10 heteroatoms. The number of aromatic nitrogens is 1. The maximum atomic E-state index is 12.9. The summed E-state index contributed by atoms with van der Waals surface area (Å²) in [5.41, 5.74) is 2.89. The minimum atomic E-state index is -1.08. The van der Waals surface area contributed by atoms with Crippen LogP contribution in [-0.2, 0) is 27.1 Å². The quantitative estimate of drug-likeness (QED) is 0.340. The number of benzene rings is 1. The van der Waals surface area contributed by atoms with E-state index in [4.69, 9.17) is 28.7 Å². The number of amides is 1. The lowest BCUT2D eigenvalue weighted by Crippen LogP contribution is -2.53. The van der Waals surface area contributed by atoms with Gasteiger partial charge in [0.05, 0.1) is 12.1 Å². The van der Waals surface area contributed by atoms with E-state index < -0.39 is 24.3 Å². The van der Waals surface area contributed by atoms with Crippen LogP contribution in [0.2, 0.25) is 0 Å². The van der Waals surface area contributed by atoms with Crippen molar-refractivity contribution in [3.05, 3.63) is 47.2 Å². The Morgan fingerprint density at radius 3 is 2.60 bits per heavy atom. The van der Waals surface area contributed by atoms with Crippen molar-refractivity contribution in [1.82, 2.24) is 15.6 Å². The monoisotopic (exact) mass is 555 g/mol. The van der Waals surface area contributed by atoms with Gasteiger partial charge >= 0.3 is 0 Å². The van der Waals surface area contributed by atoms with E-state index in [0.29, 0.717) is 29.7 Å². The summed E-state index contributed by atoms with van der Waals surface area (Å²) in [6.07, 6.45) is 5.20. The molecule has 3 aliphatic rings. The van der Waals surface area contributed by atoms with Gasteiger partial charge in [0.25, 0.3) is 5.91 Å². The van der Waals surface area contributed by atoms with Gasteiger partial charge in [-0.15, -0.1) is 0 Å². The molecular formula is C30H41N3O7. The molecule has 1 spiro atoms. The van der Waals surface area contributed by atoms with Crippen LogP contribution in [-0.4, -0.2) is 67.6 Å². The second-order valence-corrected chi connectivity index (χ2v) is 11.5. The van der Waals surface area contributed by atoms with Crippen LogP contribution in [0.3, 0.4) is 0 Å². The Morgan fingerprint density at radius 1 is 1.12 bits per heavy atom. The first-order chi connectivity index (χ1) is 19.3. The number of pyridine rings is 1. The van der Waals surface area contributed by atoms with Crippen molar-refractivity contribution in [3.8, 4) is 17.4 Å². The van der Waals surface area contributed by atoms with Crippen LogP contribution < -0.4 is 24.8 Å². The fourth-order valence-electron chi connectivity index (χ4n) is 5.79. The highest BCUT2D eigenvalue weighted by Crippen LogP contribution is 2.48. The summed E-state index contributed by atoms with van der Waals surface area (Å²) in [4.78, 5) is 17.6. The third-order valence-electron chi connectivity index (χ3n) is 8.01. The number of ether oxygens (including phenoxy) is 5. The molecule has 2 aliphatic heterocycles. The van der Waals surface area contributed by atoms with Crippen molar-refractivity contribution in [1.29, 1.82) is 0 Å². The highest BCUT2D eigenvalue weighted by Gasteiger charge is 2.46. The van der Waals surface area contributed by atoms with Crippen LogP contribution >= 0.6 is 0 Å². The molecule has 1 fully saturated rings. The summed E-state index contributed by atoms with van der Waals surface area (Å²) in [5, 5.41) is 17.9. The lowest BCUT2D eigenvalue weighted by molar-refractivity contribution is -0.160. The van der Waals surface area contributed by atoms with Crippen LogP contribution in [0.15, 0.2) is 30.5 Å². The van der Waals surface area contributed by atoms with Crippen LogP contribution in [0.25, 0.3) is 0 Å². The number of carbonyl (C=O) groups is 1. The zero-order chi connectivity index (χ0) is 28.3. The number of hydrogen-bond acceptors (Lipinski definition) is 9. The standard InChI is InChI=1S/C30H41N3O7/c1-18(2)10-20-11-21-23(14-30(8-5-9-30)40-28(21)32-15-20)31-16-24(34)22(33-27(35)29(36-3)37-4)12-19-6-7-25-26(13-19)39-17-38-25/h6-7,11,13,15,18,22-24,29,31,34H,5,8-10,12,14,16-17H2,1-4H3,(H,33,35)/t22-,23-,24-/m0/s1. The molecule has 5 rings (SSSR count). The molecule has 0 radical (unpaired) electrons. The Kier molecular flexibility index (Phi) is 8.80. The molecule has 0 bridgehead atoms. The Morgan fingerprint density at radius 2 is 1.90 bits per heavy atom. The van der Waals surface area contributed by atoms with Gasteiger partial charge in [-0.2, -0.15) is 0 Å². The smallest absolute Gasteiger partial charge is 0.277 e. The van der Waals surface area contributed by atoms with Crippen molar-refractivity contribution in [2.75, 3.05) is 27.6 Å². The van der Waals surface area contributed by atoms with Gasteiger partial charge in [-0.25, -0.2) is 4.98 Å². The van der Waals surface area contributed by atoms with Crippen LogP contribution in [0.4, 0.5) is 0 Å². The van der Waals surface area contributed by atoms with Crippen molar-refractivity contribution in [2.24, 2.45) is 5.92 Å². The zero-order valence-corrected chi connectivity index (χ0v) is 23.8. The first-order valence-electron chi connectivity index (χ1n) is 14.1. The lowest BCUT2D eigenvalue weighted by Gasteiger charge is -2.47. The molecule has 1 amide bonds. The second kappa shape index (κ2) is 12.3. The minimum Gasteiger partial charge on any atom is -0.471 e. The Labute approximate surface area is 235 Å². The fraction of sp³-hybridized carbons (Fsp3) is 0.600. The molecule has 40 heavy (non-hydrogen) atoms. The molecule has 1 saturated carbocycles. The van der Waals surface area contributed by atoms with Crippen LogP contribution in [0, 0.1) is 5.92 Å². The molecule has 2 aromatic rings. The van der Waals surface area contributed by atoms with Gasteiger partial charge in [0.2, 0.25) is 19.0 Å². The largest absolute Gasteiger partial charge is 0.471 e. The summed E-state index contributed by atoms with van der Waals surface area (Å²) in [6.45, 7) is 4.82. The summed E-state index contributed by atoms with van der Waals surface area (Å²) >= 11 is 0. The Bertz CT molecular complexity index is 1180. The van der Waals surface area contributed by atoms with E-state index in [9.17, 15) is 9.90 Å². The van der Waals surface area contributed by atoms with Crippen molar-refractivity contribution >= 4 is 5.91 Å². The molecule has 3 atom stereocenters. The third-order valence-corrected chi connectivity index (χ3v) is 8.01. The molecule has 218 valence electrons. The third kappa shape index (κ3) is 6.35. The van der Waals surface area contributed by atoms with Gasteiger partial charge in [0.1, 0.15) is 5.60 Å².